The number of hydrogen-bond donors (Lipinski definition) is 3. The monoisotopic (exact) mass is 327 g/mol. The molecule has 1 saturated heterocycles. The van der Waals surface area contributed by atoms with Crippen LogP contribution in [0, 0.1) is 0 Å². The summed E-state index contributed by atoms with van der Waals surface area (Å²) in [6, 6.07) is 7.31. The van der Waals surface area contributed by atoms with E-state index in [4.69, 9.17) is 10.5 Å². The molecule has 0 aliphatic carbocycles. The quantitative estimate of drug-likeness (QED) is 0.720. The second-order valence-corrected chi connectivity index (χ2v) is 5.94. The highest BCUT2D eigenvalue weighted by molar-refractivity contribution is 6.45. The van der Waals surface area contributed by atoms with Crippen LogP contribution in [0.3, 0.4) is 0 Å². The number of pyridine rings is 2. The summed E-state index contributed by atoms with van der Waals surface area (Å²) < 4.78 is 5.92. The fraction of sp³-hybridized carbons (Fsp3) is 0.375. The molecule has 1 aliphatic rings. The minimum Gasteiger partial charge on any atom is -0.474 e. The highest BCUT2D eigenvalue weighted by Crippen LogP contribution is 2.22. The van der Waals surface area contributed by atoms with Crippen molar-refractivity contribution in [3.05, 3.63) is 36.7 Å². The van der Waals surface area contributed by atoms with Crippen LogP contribution >= 0.6 is 0 Å². The van der Waals surface area contributed by atoms with Crippen LogP contribution < -0.4 is 15.8 Å². The summed E-state index contributed by atoms with van der Waals surface area (Å²) >= 11 is 0. The number of piperidine rings is 1. The van der Waals surface area contributed by atoms with Gasteiger partial charge in [0.2, 0.25) is 5.88 Å². The molecule has 7 nitrogen and oxygen atoms in total. The van der Waals surface area contributed by atoms with Crippen molar-refractivity contribution in [2.75, 3.05) is 24.1 Å². The van der Waals surface area contributed by atoms with Crippen LogP contribution in [0.4, 0.5) is 17.2 Å². The van der Waals surface area contributed by atoms with Crippen LogP contribution in [-0.4, -0.2) is 46.0 Å². The van der Waals surface area contributed by atoms with Gasteiger partial charge in [-0.25, -0.2) is 9.97 Å². The first-order valence-electron chi connectivity index (χ1n) is 8.14. The smallest absolute Gasteiger partial charge is 0.376 e. The maximum atomic E-state index is 9.58. The fourth-order valence-corrected chi connectivity index (χ4v) is 2.72. The molecule has 24 heavy (non-hydrogen) atoms. The molecule has 3 rings (SSSR count). The molecule has 0 spiro atoms. The molecule has 2 aromatic rings. The maximum Gasteiger partial charge on any atom is 0.376 e. The molecule has 4 N–H and O–H groups in total. The molecular weight excluding hydrogens is 305 g/mol. The Hall–Kier alpha value is -2.32. The Balaban J connectivity index is 1.55. The lowest BCUT2D eigenvalue weighted by Crippen LogP contribution is -2.45. The van der Waals surface area contributed by atoms with Gasteiger partial charge in [-0.15, -0.1) is 0 Å². The summed E-state index contributed by atoms with van der Waals surface area (Å²) in [4.78, 5) is 10.6. The van der Waals surface area contributed by atoms with E-state index in [9.17, 15) is 5.02 Å². The summed E-state index contributed by atoms with van der Waals surface area (Å²) in [7, 11) is -0.395. The Morgan fingerprint density at radius 2 is 2.08 bits per heavy atom. The van der Waals surface area contributed by atoms with Gasteiger partial charge < -0.3 is 25.6 Å². The van der Waals surface area contributed by atoms with E-state index in [1.165, 1.54) is 0 Å². The topological polar surface area (TPSA) is 96.5 Å². The van der Waals surface area contributed by atoms with Crippen LogP contribution in [0.5, 0.6) is 5.88 Å². The van der Waals surface area contributed by atoms with Gasteiger partial charge in [0.05, 0.1) is 17.6 Å². The minimum absolute atomic E-state index is 0.137. The van der Waals surface area contributed by atoms with E-state index in [2.05, 4.69) is 15.3 Å². The molecule has 0 radical (unpaired) electrons. The SMILES string of the molecule is CB(O)N1CCC(Oc2ccc(Nc3ncccc3N)cn2)CC1. The first-order valence-corrected chi connectivity index (χ1v) is 8.14. The molecule has 1 fully saturated rings. The van der Waals surface area contributed by atoms with Crippen molar-refractivity contribution in [3.63, 3.8) is 0 Å². The van der Waals surface area contributed by atoms with Gasteiger partial charge in [-0.1, -0.05) is 0 Å². The third kappa shape index (κ3) is 4.15. The summed E-state index contributed by atoms with van der Waals surface area (Å²) in [5, 5.41) is 12.7. The number of nitrogen functional groups attached to an aromatic ring is 1. The van der Waals surface area contributed by atoms with E-state index in [0.717, 1.165) is 31.6 Å². The first-order chi connectivity index (χ1) is 11.6. The normalized spacial score (nSPS) is 15.9. The molecule has 0 saturated carbocycles. The highest BCUT2D eigenvalue weighted by atomic mass is 16.5. The summed E-state index contributed by atoms with van der Waals surface area (Å²) in [5.41, 5.74) is 7.25. The molecule has 0 atom stereocenters. The number of hydrogen-bond acceptors (Lipinski definition) is 7. The van der Waals surface area contributed by atoms with Crippen molar-refractivity contribution in [1.29, 1.82) is 0 Å². The van der Waals surface area contributed by atoms with Gasteiger partial charge in [0, 0.05) is 12.3 Å². The van der Waals surface area contributed by atoms with Gasteiger partial charge in [0.25, 0.3) is 0 Å². The molecular formula is C16H22BN5O2. The predicted octanol–water partition coefficient (Wildman–Crippen LogP) is 1.76. The van der Waals surface area contributed by atoms with E-state index in [1.807, 2.05) is 16.9 Å². The molecule has 1 aliphatic heterocycles. The van der Waals surface area contributed by atoms with Gasteiger partial charge in [-0.2, -0.15) is 0 Å². The molecule has 8 heteroatoms. The van der Waals surface area contributed by atoms with E-state index in [-0.39, 0.29) is 6.10 Å². The summed E-state index contributed by atoms with van der Waals surface area (Å²) in [5.74, 6) is 1.21. The van der Waals surface area contributed by atoms with Crippen LogP contribution in [0.15, 0.2) is 36.7 Å². The van der Waals surface area contributed by atoms with Gasteiger partial charge in [-0.05, 0) is 51.0 Å². The Labute approximate surface area is 142 Å². The average molecular weight is 327 g/mol. The van der Waals surface area contributed by atoms with Crippen molar-refractivity contribution in [2.24, 2.45) is 0 Å². The number of rotatable bonds is 5. The third-order valence-corrected chi connectivity index (χ3v) is 4.13. The molecule has 0 bridgehead atoms. The fourth-order valence-electron chi connectivity index (χ4n) is 2.72. The Bertz CT molecular complexity index is 660. The van der Waals surface area contributed by atoms with Gasteiger partial charge in [0.15, 0.2) is 5.82 Å². The molecule has 0 unspecified atom stereocenters. The second kappa shape index (κ2) is 7.50. The van der Waals surface area contributed by atoms with Gasteiger partial charge in [0.1, 0.15) is 6.10 Å². The van der Waals surface area contributed by atoms with Gasteiger partial charge in [-0.3, -0.25) is 0 Å². The second-order valence-electron chi connectivity index (χ2n) is 5.94. The zero-order chi connectivity index (χ0) is 16.9. The van der Waals surface area contributed by atoms with Crippen LogP contribution in [-0.2, 0) is 0 Å². The Kier molecular flexibility index (Phi) is 5.17. The lowest BCUT2D eigenvalue weighted by molar-refractivity contribution is 0.123. The number of nitrogens with one attached hydrogen (secondary N) is 1. The number of nitrogens with zero attached hydrogens (tertiary/aromatic N) is 3. The van der Waals surface area contributed by atoms with Crippen molar-refractivity contribution < 1.29 is 9.76 Å². The zero-order valence-corrected chi connectivity index (χ0v) is 13.7. The molecule has 126 valence electrons. The maximum absolute atomic E-state index is 9.58. The molecule has 0 aromatic carbocycles. The van der Waals surface area contributed by atoms with E-state index >= 15 is 0 Å². The molecule has 3 heterocycles. The summed E-state index contributed by atoms with van der Waals surface area (Å²) in [6.45, 7) is 3.46. The van der Waals surface area contributed by atoms with Crippen molar-refractivity contribution in [2.45, 2.75) is 25.8 Å². The molecule has 0 amide bonds. The minimum atomic E-state index is -0.395. The lowest BCUT2D eigenvalue weighted by atomic mass is 9.82. The predicted molar refractivity (Wildman–Crippen MR) is 95.2 cm³/mol. The number of nitrogens with two attached hydrogens (primary N) is 1. The van der Waals surface area contributed by atoms with Crippen molar-refractivity contribution in [1.82, 2.24) is 14.8 Å². The van der Waals surface area contributed by atoms with Crippen molar-refractivity contribution >= 4 is 24.2 Å². The van der Waals surface area contributed by atoms with E-state index in [1.54, 1.807) is 31.3 Å². The number of anilines is 3. The Morgan fingerprint density at radius 1 is 1.29 bits per heavy atom. The average Bonchev–Trinajstić information content (AvgIpc) is 2.59. The highest BCUT2D eigenvalue weighted by Gasteiger charge is 2.25. The number of ether oxygens (including phenoxy) is 1. The van der Waals surface area contributed by atoms with E-state index in [0.29, 0.717) is 17.4 Å². The zero-order valence-electron chi connectivity index (χ0n) is 13.7. The molecule has 2 aromatic heterocycles. The standard InChI is InChI=1S/C16H22BN5O2/c1-17(23)22-9-6-13(7-10-22)24-15-5-4-12(11-20-15)21-16-14(18)3-2-8-19-16/h2-5,8,11,13,23H,6-7,9-10,18H2,1H3,(H,19,21). The van der Waals surface area contributed by atoms with E-state index < -0.39 is 7.05 Å². The Morgan fingerprint density at radius 3 is 2.71 bits per heavy atom. The lowest BCUT2D eigenvalue weighted by Gasteiger charge is -2.32. The van der Waals surface area contributed by atoms with Crippen molar-refractivity contribution in [3.8, 4) is 5.88 Å². The van der Waals surface area contributed by atoms with Crippen LogP contribution in [0.1, 0.15) is 12.8 Å². The first kappa shape index (κ1) is 16.5. The van der Waals surface area contributed by atoms with Crippen LogP contribution in [0.2, 0.25) is 6.82 Å². The largest absolute Gasteiger partial charge is 0.474 e. The third-order valence-electron chi connectivity index (χ3n) is 4.13. The van der Waals surface area contributed by atoms with Crippen LogP contribution in [0.25, 0.3) is 0 Å². The summed E-state index contributed by atoms with van der Waals surface area (Å²) in [6.07, 6.45) is 5.30. The number of aromatic nitrogens is 2. The van der Waals surface area contributed by atoms with Gasteiger partial charge >= 0.3 is 7.05 Å².